The third-order valence-corrected chi connectivity index (χ3v) is 8.58. The van der Waals surface area contributed by atoms with Gasteiger partial charge < -0.3 is 19.7 Å². The number of carbonyl (C=O) groups excluding carboxylic acids is 1. The van der Waals surface area contributed by atoms with Crippen molar-refractivity contribution < 1.29 is 22.7 Å². The van der Waals surface area contributed by atoms with Gasteiger partial charge in [-0.2, -0.15) is 5.26 Å². The first-order valence-electron chi connectivity index (χ1n) is 10.2. The molecule has 0 aliphatic carbocycles. The van der Waals surface area contributed by atoms with Crippen molar-refractivity contribution in [2.24, 2.45) is 4.99 Å². The van der Waals surface area contributed by atoms with Crippen LogP contribution in [0.25, 0.3) is 0 Å². The first-order valence-corrected chi connectivity index (χ1v) is 12.9. The number of nitrogens with one attached hydrogen (secondary N) is 1. The lowest BCUT2D eigenvalue weighted by Gasteiger charge is -2.22. The van der Waals surface area contributed by atoms with Gasteiger partial charge in [-0.25, -0.2) is 13.4 Å². The second-order valence-electron chi connectivity index (χ2n) is 7.50. The van der Waals surface area contributed by atoms with Crippen LogP contribution in [0.5, 0.6) is 11.5 Å². The minimum Gasteiger partial charge on any atom is -0.493 e. The molecule has 9 nitrogen and oxygen atoms in total. The van der Waals surface area contributed by atoms with Gasteiger partial charge in [0.2, 0.25) is 0 Å². The van der Waals surface area contributed by atoms with E-state index in [0.717, 1.165) is 5.56 Å². The minimum atomic E-state index is -3.07. The van der Waals surface area contributed by atoms with Crippen LogP contribution < -0.4 is 14.8 Å². The summed E-state index contributed by atoms with van der Waals surface area (Å²) < 4.78 is 34.4. The van der Waals surface area contributed by atoms with Gasteiger partial charge in [-0.15, -0.1) is 6.58 Å². The van der Waals surface area contributed by atoms with E-state index in [2.05, 4.69) is 16.9 Å². The molecule has 1 amide bonds. The Hall–Kier alpha value is -2.97. The summed E-state index contributed by atoms with van der Waals surface area (Å²) in [6.45, 7) is 4.49. The predicted octanol–water partition coefficient (Wildman–Crippen LogP) is 1.53. The standard InChI is InChI=1S/C22H26N4O5S2/c1-4-9-26-17-13-33(28,29)14-20(17)32-22(26)25-12-16(11-23)21(27)24-8-7-15-5-6-18(30-2)19(10-15)31-3/h4-6,10,12,17,20H,1,7-9,13-14H2,2-3H3,(H,24,27)/b16-12+,25-22?/t17-,20+/m1/s1. The Bertz CT molecular complexity index is 1120. The maximum absolute atomic E-state index is 12.4. The van der Waals surface area contributed by atoms with Gasteiger partial charge in [0.15, 0.2) is 26.5 Å². The van der Waals surface area contributed by atoms with Crippen LogP contribution in [0.2, 0.25) is 0 Å². The van der Waals surface area contributed by atoms with E-state index in [-0.39, 0.29) is 28.4 Å². The lowest BCUT2D eigenvalue weighted by Crippen LogP contribution is -2.37. The Morgan fingerprint density at radius 1 is 1.36 bits per heavy atom. The number of carbonyl (C=O) groups is 1. The number of hydrogen-bond acceptors (Lipinski definition) is 8. The molecule has 176 valence electrons. The van der Waals surface area contributed by atoms with Crippen molar-refractivity contribution in [3.8, 4) is 17.6 Å². The maximum Gasteiger partial charge on any atom is 0.263 e. The molecule has 0 bridgehead atoms. The van der Waals surface area contributed by atoms with Crippen LogP contribution in [0.4, 0.5) is 0 Å². The summed E-state index contributed by atoms with van der Waals surface area (Å²) in [5, 5.41) is 12.6. The average molecular weight is 491 g/mol. The number of ether oxygens (including phenoxy) is 2. The fraction of sp³-hybridized carbons (Fsp3) is 0.409. The van der Waals surface area contributed by atoms with E-state index in [0.29, 0.717) is 36.2 Å². The number of methoxy groups -OCH3 is 2. The van der Waals surface area contributed by atoms with Gasteiger partial charge in [0.1, 0.15) is 11.6 Å². The van der Waals surface area contributed by atoms with Crippen molar-refractivity contribution in [2.45, 2.75) is 17.7 Å². The Labute approximate surface area is 198 Å². The number of aliphatic imine (C=N–C) groups is 1. The fourth-order valence-electron chi connectivity index (χ4n) is 3.71. The van der Waals surface area contributed by atoms with E-state index in [9.17, 15) is 18.5 Å². The van der Waals surface area contributed by atoms with Crippen LogP contribution in [0.1, 0.15) is 5.56 Å². The Morgan fingerprint density at radius 2 is 2.12 bits per heavy atom. The van der Waals surface area contributed by atoms with E-state index in [1.165, 1.54) is 18.0 Å². The van der Waals surface area contributed by atoms with Crippen LogP contribution in [0.15, 0.2) is 47.6 Å². The number of nitrogens with zero attached hydrogens (tertiary/aromatic N) is 3. The number of thioether (sulfide) groups is 1. The topological polar surface area (TPSA) is 121 Å². The molecule has 2 aliphatic heterocycles. The smallest absolute Gasteiger partial charge is 0.263 e. The zero-order valence-electron chi connectivity index (χ0n) is 18.5. The highest BCUT2D eigenvalue weighted by atomic mass is 32.2. The van der Waals surface area contributed by atoms with Crippen molar-refractivity contribution in [2.75, 3.05) is 38.8 Å². The molecule has 3 rings (SSSR count). The highest BCUT2D eigenvalue weighted by Crippen LogP contribution is 2.38. The number of benzene rings is 1. The molecule has 0 radical (unpaired) electrons. The summed E-state index contributed by atoms with van der Waals surface area (Å²) in [5.41, 5.74) is 0.818. The first kappa shape index (κ1) is 24.7. The normalized spacial score (nSPS) is 22.5. The highest BCUT2D eigenvalue weighted by molar-refractivity contribution is 8.15. The molecule has 2 heterocycles. The molecule has 2 saturated heterocycles. The molecule has 1 N–H and O–H groups in total. The zero-order chi connectivity index (χ0) is 24.0. The second kappa shape index (κ2) is 10.8. The molecule has 1 aromatic rings. The van der Waals surface area contributed by atoms with E-state index < -0.39 is 15.7 Å². The summed E-state index contributed by atoms with van der Waals surface area (Å²) in [7, 11) is 0.0469. The second-order valence-corrected chi connectivity index (χ2v) is 10.9. The molecular weight excluding hydrogens is 464 g/mol. The van der Waals surface area contributed by atoms with Crippen LogP contribution in [-0.2, 0) is 21.1 Å². The monoisotopic (exact) mass is 490 g/mol. The summed E-state index contributed by atoms with van der Waals surface area (Å²) in [6, 6.07) is 7.21. The number of fused-ring (bicyclic) bond motifs is 1. The molecule has 0 unspecified atom stereocenters. The summed E-state index contributed by atoms with van der Waals surface area (Å²) >= 11 is 1.36. The van der Waals surface area contributed by atoms with Gasteiger partial charge in [-0.3, -0.25) is 4.79 Å². The van der Waals surface area contributed by atoms with Crippen molar-refractivity contribution in [3.63, 3.8) is 0 Å². The first-order chi connectivity index (χ1) is 15.8. The zero-order valence-corrected chi connectivity index (χ0v) is 20.1. The van der Waals surface area contributed by atoms with Crippen molar-refractivity contribution in [1.82, 2.24) is 10.2 Å². The van der Waals surface area contributed by atoms with Crippen LogP contribution in [0, 0.1) is 11.3 Å². The number of hydrogen-bond donors (Lipinski definition) is 1. The van der Waals surface area contributed by atoms with Crippen LogP contribution >= 0.6 is 11.8 Å². The molecule has 0 saturated carbocycles. The number of amidine groups is 1. The molecule has 33 heavy (non-hydrogen) atoms. The molecular formula is C22H26N4O5S2. The summed E-state index contributed by atoms with van der Waals surface area (Å²) in [6.07, 6.45) is 3.46. The Morgan fingerprint density at radius 3 is 2.79 bits per heavy atom. The molecule has 2 fully saturated rings. The van der Waals surface area contributed by atoms with Crippen molar-refractivity contribution >= 4 is 32.7 Å². The van der Waals surface area contributed by atoms with Gasteiger partial charge in [-0.1, -0.05) is 23.9 Å². The summed E-state index contributed by atoms with van der Waals surface area (Å²) in [5.74, 6) is 0.869. The van der Waals surface area contributed by atoms with Crippen molar-refractivity contribution in [3.05, 3.63) is 48.2 Å². The molecule has 2 aliphatic rings. The van der Waals surface area contributed by atoms with Gasteiger partial charge in [0, 0.05) is 18.3 Å². The third-order valence-electron chi connectivity index (χ3n) is 5.32. The van der Waals surface area contributed by atoms with Gasteiger partial charge in [-0.05, 0) is 24.1 Å². The molecule has 1 aromatic carbocycles. The van der Waals surface area contributed by atoms with E-state index in [1.807, 2.05) is 23.1 Å². The Balaban J connectivity index is 1.63. The highest BCUT2D eigenvalue weighted by Gasteiger charge is 2.48. The van der Waals surface area contributed by atoms with E-state index in [1.54, 1.807) is 26.4 Å². The van der Waals surface area contributed by atoms with Gasteiger partial charge >= 0.3 is 0 Å². The molecule has 2 atom stereocenters. The minimum absolute atomic E-state index is 0.0724. The van der Waals surface area contributed by atoms with E-state index in [4.69, 9.17) is 9.47 Å². The largest absolute Gasteiger partial charge is 0.493 e. The number of sulfone groups is 1. The fourth-order valence-corrected chi connectivity index (χ4v) is 7.65. The predicted molar refractivity (Wildman–Crippen MR) is 128 cm³/mol. The molecule has 0 spiro atoms. The SMILES string of the molecule is C=CCN1C(=N/C=C(\C#N)C(=O)NCCc2ccc(OC)c(OC)c2)S[C@H]2CS(=O)(=O)C[C@H]21. The molecule has 11 heteroatoms. The number of amides is 1. The third kappa shape index (κ3) is 5.89. The summed E-state index contributed by atoms with van der Waals surface area (Å²) in [4.78, 5) is 18.7. The quantitative estimate of drug-likeness (QED) is 0.314. The maximum atomic E-state index is 12.4. The average Bonchev–Trinajstić information content (AvgIpc) is 3.26. The van der Waals surface area contributed by atoms with Crippen molar-refractivity contribution in [1.29, 1.82) is 5.26 Å². The van der Waals surface area contributed by atoms with Crippen LogP contribution in [-0.4, -0.2) is 74.5 Å². The lowest BCUT2D eigenvalue weighted by molar-refractivity contribution is -0.117. The van der Waals surface area contributed by atoms with Gasteiger partial charge in [0.05, 0.1) is 38.0 Å². The molecule has 0 aromatic heterocycles. The Kier molecular flexibility index (Phi) is 8.05. The number of nitriles is 1. The van der Waals surface area contributed by atoms with E-state index >= 15 is 0 Å². The van der Waals surface area contributed by atoms with Gasteiger partial charge in [0.25, 0.3) is 5.91 Å². The van der Waals surface area contributed by atoms with Crippen LogP contribution in [0.3, 0.4) is 0 Å². The number of rotatable bonds is 9. The lowest BCUT2D eigenvalue weighted by atomic mass is 10.1.